The van der Waals surface area contributed by atoms with Crippen molar-refractivity contribution in [3.8, 4) is 11.4 Å². The van der Waals surface area contributed by atoms with E-state index in [4.69, 9.17) is 11.6 Å². The second-order valence-corrected chi connectivity index (χ2v) is 9.49. The van der Waals surface area contributed by atoms with Gasteiger partial charge in [0.15, 0.2) is 11.0 Å². The molecule has 0 radical (unpaired) electrons. The number of benzene rings is 1. The Bertz CT molecular complexity index is 1030. The lowest BCUT2D eigenvalue weighted by molar-refractivity contribution is -0.113. The summed E-state index contributed by atoms with van der Waals surface area (Å²) in [6, 6.07) is 5.67. The Kier molecular flexibility index (Phi) is 7.03. The molecule has 3 rings (SSSR count). The number of aryl methyl sites for hydroxylation is 1. The third kappa shape index (κ3) is 4.68. The van der Waals surface area contributed by atoms with Crippen LogP contribution in [0.5, 0.6) is 0 Å². The molecule has 1 aromatic carbocycles. The minimum atomic E-state index is -0.0964. The number of halogens is 1. The van der Waals surface area contributed by atoms with Crippen molar-refractivity contribution in [2.45, 2.75) is 52.2 Å². The van der Waals surface area contributed by atoms with Crippen molar-refractivity contribution < 1.29 is 4.79 Å². The second-order valence-electron chi connectivity index (χ2n) is 7.06. The number of anilines is 1. The smallest absolute Gasteiger partial charge is 0.234 e. The summed E-state index contributed by atoms with van der Waals surface area (Å²) < 4.78 is 2.11. The maximum Gasteiger partial charge on any atom is 0.234 e. The van der Waals surface area contributed by atoms with Crippen LogP contribution in [0.3, 0.4) is 0 Å². The monoisotopic (exact) mass is 448 g/mol. The first kappa shape index (κ1) is 21.9. The van der Waals surface area contributed by atoms with Crippen molar-refractivity contribution in [3.05, 3.63) is 44.6 Å². The first-order valence-electron chi connectivity index (χ1n) is 9.53. The predicted octanol–water partition coefficient (Wildman–Crippen LogP) is 6.15. The number of thiophene rings is 1. The van der Waals surface area contributed by atoms with E-state index in [9.17, 15) is 4.79 Å². The van der Waals surface area contributed by atoms with Crippen molar-refractivity contribution in [1.29, 1.82) is 0 Å². The molecular formula is C21H25ClN4OS2. The fraction of sp³-hybridized carbons (Fsp3) is 0.381. The molecule has 154 valence electrons. The van der Waals surface area contributed by atoms with Gasteiger partial charge in [-0.2, -0.15) is 0 Å². The van der Waals surface area contributed by atoms with Gasteiger partial charge in [0.25, 0.3) is 0 Å². The van der Waals surface area contributed by atoms with Crippen LogP contribution >= 0.6 is 34.7 Å². The van der Waals surface area contributed by atoms with E-state index in [0.717, 1.165) is 34.2 Å². The molecule has 2 heterocycles. The average Bonchev–Trinajstić information content (AvgIpc) is 3.26. The Balaban J connectivity index is 1.78. The standard InChI is InChI=1S/C21H25ClN4OS2/c1-6-15-14(5)28-10-16(15)20-24-25-21(26(20)12(2)3)29-11-19(27)23-18-9-7-8-17(22)13(18)4/h7-10,12H,6,11H2,1-5H3,(H,23,27). The zero-order chi connectivity index (χ0) is 21.1. The molecule has 0 aliphatic heterocycles. The Labute approximate surface area is 184 Å². The van der Waals surface area contributed by atoms with Gasteiger partial charge in [0, 0.05) is 32.6 Å². The number of nitrogens with zero attached hydrogens (tertiary/aromatic N) is 3. The van der Waals surface area contributed by atoms with E-state index in [0.29, 0.717) is 5.02 Å². The number of carbonyl (C=O) groups is 1. The van der Waals surface area contributed by atoms with E-state index in [-0.39, 0.29) is 17.7 Å². The summed E-state index contributed by atoms with van der Waals surface area (Å²) in [4.78, 5) is 13.8. The molecule has 0 spiro atoms. The van der Waals surface area contributed by atoms with Crippen molar-refractivity contribution >= 4 is 46.3 Å². The summed E-state index contributed by atoms with van der Waals surface area (Å²) in [7, 11) is 0. The summed E-state index contributed by atoms with van der Waals surface area (Å²) in [5.41, 5.74) is 4.05. The minimum absolute atomic E-state index is 0.0964. The summed E-state index contributed by atoms with van der Waals surface area (Å²) in [5.74, 6) is 1.02. The zero-order valence-electron chi connectivity index (χ0n) is 17.2. The first-order valence-corrected chi connectivity index (χ1v) is 11.8. The van der Waals surface area contributed by atoms with Crippen molar-refractivity contribution in [2.24, 2.45) is 0 Å². The fourth-order valence-corrected chi connectivity index (χ4v) is 5.17. The summed E-state index contributed by atoms with van der Waals surface area (Å²) in [6.07, 6.45) is 0.958. The van der Waals surface area contributed by atoms with Crippen LogP contribution < -0.4 is 5.32 Å². The van der Waals surface area contributed by atoms with Gasteiger partial charge in [-0.1, -0.05) is 36.4 Å². The van der Waals surface area contributed by atoms with Crippen LogP contribution in [0.25, 0.3) is 11.4 Å². The van der Waals surface area contributed by atoms with Crippen LogP contribution in [-0.2, 0) is 11.2 Å². The molecule has 0 bridgehead atoms. The molecular weight excluding hydrogens is 424 g/mol. The highest BCUT2D eigenvalue weighted by Crippen LogP contribution is 2.34. The molecule has 0 atom stereocenters. The second kappa shape index (κ2) is 9.32. The molecule has 0 aliphatic rings. The normalized spacial score (nSPS) is 11.3. The lowest BCUT2D eigenvalue weighted by Crippen LogP contribution is -2.15. The van der Waals surface area contributed by atoms with Crippen LogP contribution in [0.2, 0.25) is 5.02 Å². The third-order valence-corrected chi connectivity index (χ3v) is 7.06. The number of nitrogens with one attached hydrogen (secondary N) is 1. The number of rotatable bonds is 7. The number of aromatic nitrogens is 3. The van der Waals surface area contributed by atoms with Gasteiger partial charge in [0.05, 0.1) is 5.75 Å². The molecule has 0 saturated carbocycles. The SMILES string of the molecule is CCc1c(-c2nnc(SCC(=O)Nc3cccc(Cl)c3C)n2C(C)C)csc1C. The van der Waals surface area contributed by atoms with Crippen LogP contribution in [0.1, 0.15) is 42.8 Å². The fourth-order valence-electron chi connectivity index (χ4n) is 3.19. The number of hydrogen-bond acceptors (Lipinski definition) is 5. The van der Waals surface area contributed by atoms with E-state index in [1.165, 1.54) is 22.2 Å². The third-order valence-electron chi connectivity index (χ3n) is 4.75. The summed E-state index contributed by atoms with van der Waals surface area (Å²) in [6.45, 7) is 10.4. The van der Waals surface area contributed by atoms with Gasteiger partial charge in [-0.15, -0.1) is 21.5 Å². The van der Waals surface area contributed by atoms with Crippen LogP contribution in [-0.4, -0.2) is 26.4 Å². The Hall–Kier alpha value is -1.83. The molecule has 1 N–H and O–H groups in total. The van der Waals surface area contributed by atoms with Gasteiger partial charge >= 0.3 is 0 Å². The van der Waals surface area contributed by atoms with Crippen molar-refractivity contribution in [1.82, 2.24) is 14.8 Å². The topological polar surface area (TPSA) is 59.8 Å². The average molecular weight is 449 g/mol. The van der Waals surface area contributed by atoms with E-state index < -0.39 is 0 Å². The molecule has 29 heavy (non-hydrogen) atoms. The van der Waals surface area contributed by atoms with Crippen molar-refractivity contribution in [2.75, 3.05) is 11.1 Å². The lowest BCUT2D eigenvalue weighted by Gasteiger charge is -2.14. The van der Waals surface area contributed by atoms with Gasteiger partial charge in [-0.05, 0) is 57.4 Å². The van der Waals surface area contributed by atoms with Crippen LogP contribution in [0.4, 0.5) is 5.69 Å². The quantitative estimate of drug-likeness (QED) is 0.440. The number of carbonyl (C=O) groups excluding carboxylic acids is 1. The maximum absolute atomic E-state index is 12.5. The number of hydrogen-bond donors (Lipinski definition) is 1. The molecule has 3 aromatic rings. The van der Waals surface area contributed by atoms with Gasteiger partial charge in [-0.25, -0.2) is 0 Å². The van der Waals surface area contributed by atoms with Gasteiger partial charge in [-0.3, -0.25) is 9.36 Å². The maximum atomic E-state index is 12.5. The van der Waals surface area contributed by atoms with E-state index in [1.54, 1.807) is 11.3 Å². The summed E-state index contributed by atoms with van der Waals surface area (Å²) in [5, 5.41) is 15.3. The van der Waals surface area contributed by atoms with Crippen LogP contribution in [0, 0.1) is 13.8 Å². The molecule has 0 saturated heterocycles. The zero-order valence-corrected chi connectivity index (χ0v) is 19.6. The first-order chi connectivity index (χ1) is 13.8. The molecule has 1 amide bonds. The highest BCUT2D eigenvalue weighted by molar-refractivity contribution is 7.99. The molecule has 0 aliphatic carbocycles. The van der Waals surface area contributed by atoms with Gasteiger partial charge in [0.1, 0.15) is 0 Å². The minimum Gasteiger partial charge on any atom is -0.325 e. The Morgan fingerprint density at radius 2 is 2.07 bits per heavy atom. The van der Waals surface area contributed by atoms with E-state index in [2.05, 4.69) is 53.2 Å². The van der Waals surface area contributed by atoms with Crippen LogP contribution in [0.15, 0.2) is 28.7 Å². The molecule has 0 unspecified atom stereocenters. The highest BCUT2D eigenvalue weighted by atomic mass is 35.5. The molecule has 0 fully saturated rings. The van der Waals surface area contributed by atoms with Gasteiger partial charge < -0.3 is 5.32 Å². The van der Waals surface area contributed by atoms with Crippen molar-refractivity contribution in [3.63, 3.8) is 0 Å². The molecule has 8 heteroatoms. The highest BCUT2D eigenvalue weighted by Gasteiger charge is 2.21. The number of amides is 1. The molecule has 2 aromatic heterocycles. The lowest BCUT2D eigenvalue weighted by atomic mass is 10.1. The Morgan fingerprint density at radius 1 is 1.31 bits per heavy atom. The Morgan fingerprint density at radius 3 is 2.76 bits per heavy atom. The largest absolute Gasteiger partial charge is 0.325 e. The van der Waals surface area contributed by atoms with Gasteiger partial charge in [0.2, 0.25) is 5.91 Å². The molecule has 5 nitrogen and oxygen atoms in total. The van der Waals surface area contributed by atoms with E-state index >= 15 is 0 Å². The van der Waals surface area contributed by atoms with E-state index in [1.807, 2.05) is 25.1 Å². The summed E-state index contributed by atoms with van der Waals surface area (Å²) >= 11 is 9.27. The number of thioether (sulfide) groups is 1. The predicted molar refractivity (Wildman–Crippen MR) is 123 cm³/mol.